The molecule has 0 saturated carbocycles. The first-order valence-corrected chi connectivity index (χ1v) is 28.8. The number of aliphatic hydroxyl groups is 12. The van der Waals surface area contributed by atoms with Crippen molar-refractivity contribution in [3.05, 3.63) is 118 Å². The Bertz CT molecular complexity index is 3620. The van der Waals surface area contributed by atoms with Crippen LogP contribution in [0.15, 0.2) is 102 Å². The van der Waals surface area contributed by atoms with Crippen LogP contribution in [0.5, 0.6) is 40.2 Å². The lowest BCUT2D eigenvalue weighted by Crippen LogP contribution is -2.65. The third-order valence-corrected chi connectivity index (χ3v) is 15.4. The summed E-state index contributed by atoms with van der Waals surface area (Å²) in [4.78, 5) is 62.0. The molecule has 3 aromatic rings. The van der Waals surface area contributed by atoms with Crippen LogP contribution in [-0.2, 0) is 76.1 Å². The van der Waals surface area contributed by atoms with Gasteiger partial charge in [-0.05, 0) is 65.8 Å². The number of hydrogen-bond acceptors (Lipinski definition) is 35. The molecule has 1 aliphatic carbocycles. The quantitative estimate of drug-likeness (QED) is 0.0148. The Labute approximate surface area is 543 Å². The Morgan fingerprint density at radius 3 is 1.68 bits per heavy atom. The van der Waals surface area contributed by atoms with Crippen molar-refractivity contribution in [1.29, 1.82) is 0 Å². The van der Waals surface area contributed by atoms with Gasteiger partial charge in [0.25, 0.3) is 0 Å². The van der Waals surface area contributed by atoms with Gasteiger partial charge >= 0.3 is 29.8 Å². The summed E-state index contributed by atoms with van der Waals surface area (Å²) in [6.07, 6.45) is -39.0. The molecule has 9 rings (SSSR count). The van der Waals surface area contributed by atoms with Gasteiger partial charge in [-0.15, -0.1) is 0 Å². The van der Waals surface area contributed by atoms with Gasteiger partial charge in [-0.1, -0.05) is 12.1 Å². The Balaban J connectivity index is 1.07. The van der Waals surface area contributed by atoms with Crippen molar-refractivity contribution < 1.29 is 183 Å². The first kappa shape index (κ1) is 71.9. The summed E-state index contributed by atoms with van der Waals surface area (Å²) in [5.41, 5.74) is -0.494. The van der Waals surface area contributed by atoms with E-state index in [0.29, 0.717) is 0 Å². The second kappa shape index (κ2) is 30.4. The molecule has 21 atom stereocenters. The van der Waals surface area contributed by atoms with Crippen LogP contribution in [0.25, 0.3) is 17.9 Å². The van der Waals surface area contributed by atoms with E-state index >= 15 is 0 Å². The molecule has 37 heteroatoms. The van der Waals surface area contributed by atoms with Crippen LogP contribution in [0.2, 0.25) is 0 Å². The van der Waals surface area contributed by atoms with E-state index in [0.717, 1.165) is 72.9 Å². The summed E-state index contributed by atoms with van der Waals surface area (Å²) in [7, 11) is 0. The summed E-state index contributed by atoms with van der Waals surface area (Å²) >= 11 is 0. The minimum absolute atomic E-state index is 0.119. The number of phenols is 6. The fourth-order valence-electron chi connectivity index (χ4n) is 10.2. The molecule has 0 bridgehead atoms. The number of esters is 3. The maximum atomic E-state index is 13.4. The fraction of sp³-hybridized carbons (Fsp3) is 0.417. The molecular formula is C60H64O37. The monoisotopic (exact) mass is 1380 g/mol. The molecule has 0 amide bonds. The van der Waals surface area contributed by atoms with E-state index in [1.807, 2.05) is 0 Å². The van der Waals surface area contributed by atoms with Gasteiger partial charge in [-0.2, -0.15) is 0 Å². The lowest BCUT2D eigenvalue weighted by atomic mass is 9.96. The third kappa shape index (κ3) is 16.4. The van der Waals surface area contributed by atoms with E-state index in [1.165, 1.54) is 18.2 Å². The van der Waals surface area contributed by atoms with Gasteiger partial charge in [0.15, 0.2) is 70.6 Å². The highest BCUT2D eigenvalue weighted by molar-refractivity contribution is 5.90. The second-order valence-electron chi connectivity index (χ2n) is 22.2. The lowest BCUT2D eigenvalue weighted by Gasteiger charge is -2.46. The van der Waals surface area contributed by atoms with Crippen LogP contribution in [0, 0.1) is 0 Å². The summed E-state index contributed by atoms with van der Waals surface area (Å²) in [5, 5.41) is 213. The summed E-state index contributed by atoms with van der Waals surface area (Å²) in [5.74, 6) is -15.3. The minimum Gasteiger partial charge on any atom is -0.507 e. The van der Waals surface area contributed by atoms with Crippen molar-refractivity contribution in [1.82, 2.24) is 0 Å². The molecular weight excluding hydrogens is 1310 g/mol. The first-order valence-electron chi connectivity index (χ1n) is 28.8. The molecule has 37 nitrogen and oxygen atoms in total. The van der Waals surface area contributed by atoms with E-state index in [-0.39, 0.29) is 16.7 Å². The van der Waals surface area contributed by atoms with Gasteiger partial charge in [-0.25, -0.2) is 14.4 Å². The number of carboxylic acids is 2. The van der Waals surface area contributed by atoms with Crippen molar-refractivity contribution in [3.63, 3.8) is 0 Å². The number of allylic oxidation sites excluding steroid dienone is 2. The van der Waals surface area contributed by atoms with Gasteiger partial charge in [0.1, 0.15) is 117 Å². The van der Waals surface area contributed by atoms with Gasteiger partial charge in [0.2, 0.25) is 24.6 Å². The van der Waals surface area contributed by atoms with Crippen LogP contribution in [0.1, 0.15) is 23.1 Å². The molecule has 0 radical (unpaired) electrons. The Hall–Kier alpha value is -9.39. The minimum atomic E-state index is -2.41. The van der Waals surface area contributed by atoms with Gasteiger partial charge in [0, 0.05) is 35.4 Å². The number of fused-ring (bicyclic) bond motifs is 1. The maximum Gasteiger partial charge on any atom is 0.335 e. The maximum absolute atomic E-state index is 13.4. The number of hydrogen-bond donors (Lipinski definition) is 20. The van der Waals surface area contributed by atoms with Crippen LogP contribution in [-0.4, -0.2) is 281 Å². The van der Waals surface area contributed by atoms with Crippen molar-refractivity contribution >= 4 is 47.8 Å². The molecule has 20 N–H and O–H groups in total. The van der Waals surface area contributed by atoms with Crippen LogP contribution in [0.3, 0.4) is 0 Å². The highest BCUT2D eigenvalue weighted by Crippen LogP contribution is 2.45. The highest BCUT2D eigenvalue weighted by Gasteiger charge is 2.55. The van der Waals surface area contributed by atoms with E-state index in [2.05, 4.69) is 0 Å². The Morgan fingerprint density at radius 2 is 1.07 bits per heavy atom. The summed E-state index contributed by atoms with van der Waals surface area (Å²) in [6, 6.07) is 8.54. The number of rotatable bonds is 22. The van der Waals surface area contributed by atoms with Crippen molar-refractivity contribution in [3.8, 4) is 40.2 Å². The lowest BCUT2D eigenvalue weighted by molar-refractivity contribution is -0.363. The first-order chi connectivity index (χ1) is 45.9. The van der Waals surface area contributed by atoms with E-state index < -0.39 is 254 Å². The number of carbonyl (C=O) groups is 5. The van der Waals surface area contributed by atoms with Crippen LogP contribution in [0.4, 0.5) is 0 Å². The molecule has 4 saturated heterocycles. The summed E-state index contributed by atoms with van der Waals surface area (Å²) < 4.78 is 68.5. The number of benzene rings is 3. The van der Waals surface area contributed by atoms with Crippen LogP contribution >= 0.6 is 0 Å². The molecule has 97 heavy (non-hydrogen) atoms. The summed E-state index contributed by atoms with van der Waals surface area (Å²) in [6.45, 7) is -2.95. The molecule has 21 unspecified atom stereocenters. The number of carboxylic acid groups (broad SMARTS) is 2. The Morgan fingerprint density at radius 1 is 0.515 bits per heavy atom. The molecule has 4 fully saturated rings. The smallest absolute Gasteiger partial charge is 0.335 e. The topological polar surface area (TPSA) is 601 Å². The predicted octanol–water partition coefficient (Wildman–Crippen LogP) is -4.46. The molecule has 5 heterocycles. The van der Waals surface area contributed by atoms with Gasteiger partial charge in [-0.3, -0.25) is 9.59 Å². The second-order valence-corrected chi connectivity index (χ2v) is 22.2. The normalized spacial score (nSPS) is 32.7. The standard InChI is InChI=1S/C60H64O37/c61-17-34-42(74)47(79)54(95-39(71)8-4-21-2-6-26(63)29(66)10-21)60(92-34)97-55-48(80)44(76)36(19-87-40(72)16-37(68)69)94-59(55)91-33-15-24-27(64)13-23(88-57-50(82)45(77)43(75)35(93-57)18-86-38(70)7-3-20-1-5-25(62)28(65)9-20)14-31(24)89-52(33)22-11-30(67)41(73)32(12-22)90-58-51(83)46(78)49(81)53(96-58)56(84)85/h1-15,31,34-36,42-51,53-55,57-67,73-83H,16-19H2,(H,68,69)(H,84,85). The molecule has 526 valence electrons. The number of aliphatic hydroxyl groups excluding tert-OH is 12. The number of ether oxygens (including phenoxy) is 12. The van der Waals surface area contributed by atoms with Crippen molar-refractivity contribution in [2.45, 2.75) is 135 Å². The highest BCUT2D eigenvalue weighted by atomic mass is 16.8. The van der Waals surface area contributed by atoms with E-state index in [9.17, 15) is 126 Å². The molecule has 6 aliphatic rings. The molecule has 5 aliphatic heterocycles. The SMILES string of the molecule is O=C(O)CC(=O)OCC1OC(OC2=C(c3cc(O)c(O)c(OC4OC(C(=O)O)C(O)C(O)C4O)c3)OC3C=C(OC4OC(COC(=O)C=Cc5ccc(O)c(O)c5)C(O)C(O)C4O)C=C(O)C3=C2)C(OC2OC(CO)C(O)C(O)C2OC(=O)C=Cc2ccc(O)c(O)c2)C(O)C1O. The van der Waals surface area contributed by atoms with Gasteiger partial charge in [0.05, 0.1) is 6.61 Å². The zero-order chi connectivity index (χ0) is 70.6. The van der Waals surface area contributed by atoms with Gasteiger partial charge < -0.3 is 159 Å². The third-order valence-electron chi connectivity index (χ3n) is 15.4. The Kier molecular flexibility index (Phi) is 22.5. The number of carbonyl (C=O) groups excluding carboxylic acids is 3. The van der Waals surface area contributed by atoms with Crippen LogP contribution < -0.4 is 4.74 Å². The average Bonchev–Trinajstić information content (AvgIpc) is 0.764. The zero-order valence-corrected chi connectivity index (χ0v) is 49.5. The van der Waals surface area contributed by atoms with E-state index in [4.69, 9.17) is 56.8 Å². The number of aromatic hydroxyl groups is 6. The average molecular weight is 1380 g/mol. The predicted molar refractivity (Wildman–Crippen MR) is 307 cm³/mol. The van der Waals surface area contributed by atoms with Crippen molar-refractivity contribution in [2.75, 3.05) is 19.8 Å². The number of aliphatic carboxylic acids is 2. The largest absolute Gasteiger partial charge is 0.507 e. The zero-order valence-electron chi connectivity index (χ0n) is 49.5. The van der Waals surface area contributed by atoms with E-state index in [1.54, 1.807) is 0 Å². The molecule has 0 spiro atoms. The molecule has 3 aromatic carbocycles. The van der Waals surface area contributed by atoms with Crippen molar-refractivity contribution in [2.24, 2.45) is 0 Å². The number of phenolic OH excluding ortho intramolecular Hbond substituents is 6. The fourth-order valence-corrected chi connectivity index (χ4v) is 10.2. The molecule has 0 aromatic heterocycles.